The first-order valence-corrected chi connectivity index (χ1v) is 7.14. The van der Waals surface area contributed by atoms with E-state index in [1.165, 1.54) is 5.56 Å². The fraction of sp³-hybridized carbons (Fsp3) is 0.562. The van der Waals surface area contributed by atoms with Crippen LogP contribution in [0.4, 0.5) is 10.5 Å². The molecule has 4 heteroatoms. The van der Waals surface area contributed by atoms with Crippen molar-refractivity contribution >= 4 is 11.8 Å². The summed E-state index contributed by atoms with van der Waals surface area (Å²) >= 11 is 0. The van der Waals surface area contributed by atoms with Crippen LogP contribution in [0.3, 0.4) is 0 Å². The van der Waals surface area contributed by atoms with E-state index >= 15 is 0 Å². The fourth-order valence-electron chi connectivity index (χ4n) is 3.13. The number of anilines is 1. The van der Waals surface area contributed by atoms with Crippen molar-refractivity contribution in [3.8, 4) is 0 Å². The Balaban J connectivity index is 2.23. The molecule has 2 rings (SSSR count). The first kappa shape index (κ1) is 14.7. The lowest BCUT2D eigenvalue weighted by molar-refractivity contribution is 0.0526. The van der Waals surface area contributed by atoms with Gasteiger partial charge in [0.1, 0.15) is 0 Å². The maximum absolute atomic E-state index is 11.4. The number of amides is 1. The Kier molecular flexibility index (Phi) is 3.93. The van der Waals surface area contributed by atoms with Gasteiger partial charge in [0.25, 0.3) is 0 Å². The molecule has 1 heterocycles. The fourth-order valence-corrected chi connectivity index (χ4v) is 3.13. The third-order valence-electron chi connectivity index (χ3n) is 4.23. The Labute approximate surface area is 120 Å². The van der Waals surface area contributed by atoms with Crippen LogP contribution in [-0.2, 0) is 0 Å². The summed E-state index contributed by atoms with van der Waals surface area (Å²) in [6.45, 7) is 6.91. The smallest absolute Gasteiger partial charge is 0.407 e. The van der Waals surface area contributed by atoms with Gasteiger partial charge in [-0.05, 0) is 41.9 Å². The maximum Gasteiger partial charge on any atom is 0.407 e. The minimum Gasteiger partial charge on any atom is -0.465 e. The van der Waals surface area contributed by atoms with Gasteiger partial charge in [-0.1, -0.05) is 32.9 Å². The Bertz CT molecular complexity index is 493. The number of likely N-dealkylation sites (tertiary alicyclic amines) is 1. The quantitative estimate of drug-likeness (QED) is 0.771. The molecule has 1 saturated heterocycles. The van der Waals surface area contributed by atoms with E-state index in [1.54, 1.807) is 4.90 Å². The number of piperidine rings is 1. The summed E-state index contributed by atoms with van der Waals surface area (Å²) in [7, 11) is 0. The number of hydrogen-bond donors (Lipinski definition) is 2. The third-order valence-corrected chi connectivity index (χ3v) is 4.23. The highest BCUT2D eigenvalue weighted by Gasteiger charge is 2.38. The van der Waals surface area contributed by atoms with E-state index in [9.17, 15) is 9.90 Å². The van der Waals surface area contributed by atoms with Crippen LogP contribution in [0.1, 0.15) is 45.1 Å². The Hall–Kier alpha value is -1.71. The zero-order valence-corrected chi connectivity index (χ0v) is 12.5. The molecule has 3 N–H and O–H groups in total. The molecular formula is C16H24N2O2. The van der Waals surface area contributed by atoms with Gasteiger partial charge in [0.15, 0.2) is 0 Å². The summed E-state index contributed by atoms with van der Waals surface area (Å²) in [5.74, 6) is 0.387. The SMILES string of the molecule is CC(C)(C)C1CC(c2cccc(N)c2)CCN1C(=O)O. The molecule has 4 nitrogen and oxygen atoms in total. The van der Waals surface area contributed by atoms with E-state index in [4.69, 9.17) is 5.73 Å². The minimum absolute atomic E-state index is 0.0418. The van der Waals surface area contributed by atoms with Crippen molar-refractivity contribution in [2.45, 2.75) is 45.6 Å². The second-order valence-corrected chi connectivity index (χ2v) is 6.75. The van der Waals surface area contributed by atoms with Gasteiger partial charge in [-0.25, -0.2) is 4.79 Å². The van der Waals surface area contributed by atoms with E-state index < -0.39 is 6.09 Å². The summed E-state index contributed by atoms with van der Waals surface area (Å²) in [4.78, 5) is 13.0. The van der Waals surface area contributed by atoms with Crippen LogP contribution in [0.2, 0.25) is 0 Å². The number of rotatable bonds is 1. The molecule has 20 heavy (non-hydrogen) atoms. The van der Waals surface area contributed by atoms with Gasteiger partial charge in [0.2, 0.25) is 0 Å². The number of carbonyl (C=O) groups is 1. The highest BCUT2D eigenvalue weighted by Crippen LogP contribution is 2.39. The van der Waals surface area contributed by atoms with Gasteiger partial charge < -0.3 is 15.7 Å². The van der Waals surface area contributed by atoms with Gasteiger partial charge in [-0.2, -0.15) is 0 Å². The van der Waals surface area contributed by atoms with Crippen LogP contribution in [0, 0.1) is 5.41 Å². The van der Waals surface area contributed by atoms with Crippen LogP contribution >= 0.6 is 0 Å². The number of benzene rings is 1. The molecule has 1 fully saturated rings. The van der Waals surface area contributed by atoms with Crippen LogP contribution in [-0.4, -0.2) is 28.7 Å². The summed E-state index contributed by atoms with van der Waals surface area (Å²) in [6, 6.07) is 8.01. The lowest BCUT2D eigenvalue weighted by atomic mass is 9.75. The molecule has 0 aromatic heterocycles. The normalized spacial score (nSPS) is 23.6. The Morgan fingerprint density at radius 2 is 2.10 bits per heavy atom. The summed E-state index contributed by atoms with van der Waals surface area (Å²) in [5.41, 5.74) is 7.80. The highest BCUT2D eigenvalue weighted by molar-refractivity contribution is 5.65. The molecule has 110 valence electrons. The first-order chi connectivity index (χ1) is 9.29. The zero-order valence-electron chi connectivity index (χ0n) is 12.5. The molecule has 1 aromatic carbocycles. The maximum atomic E-state index is 11.4. The average molecular weight is 276 g/mol. The second-order valence-electron chi connectivity index (χ2n) is 6.75. The van der Waals surface area contributed by atoms with E-state index in [0.717, 1.165) is 18.5 Å². The van der Waals surface area contributed by atoms with Gasteiger partial charge in [-0.15, -0.1) is 0 Å². The molecule has 0 spiro atoms. The lowest BCUT2D eigenvalue weighted by Gasteiger charge is -2.44. The molecule has 2 unspecified atom stereocenters. The van der Waals surface area contributed by atoms with Crippen LogP contribution in [0.25, 0.3) is 0 Å². The van der Waals surface area contributed by atoms with Crippen molar-refractivity contribution in [2.75, 3.05) is 12.3 Å². The number of nitrogens with two attached hydrogens (primary N) is 1. The van der Waals surface area contributed by atoms with Gasteiger partial charge in [0, 0.05) is 18.3 Å². The predicted octanol–water partition coefficient (Wildman–Crippen LogP) is 3.54. The first-order valence-electron chi connectivity index (χ1n) is 7.14. The van der Waals surface area contributed by atoms with Crippen molar-refractivity contribution < 1.29 is 9.90 Å². The average Bonchev–Trinajstić information content (AvgIpc) is 2.37. The predicted molar refractivity (Wildman–Crippen MR) is 80.8 cm³/mol. The van der Waals surface area contributed by atoms with E-state index in [2.05, 4.69) is 26.8 Å². The molecule has 1 aromatic rings. The van der Waals surface area contributed by atoms with Crippen molar-refractivity contribution in [3.05, 3.63) is 29.8 Å². The molecule has 1 aliphatic rings. The van der Waals surface area contributed by atoms with E-state index in [-0.39, 0.29) is 11.5 Å². The zero-order chi connectivity index (χ0) is 14.9. The number of hydrogen-bond acceptors (Lipinski definition) is 2. The molecule has 1 aliphatic heterocycles. The molecule has 0 aliphatic carbocycles. The van der Waals surface area contributed by atoms with E-state index in [0.29, 0.717) is 12.5 Å². The Morgan fingerprint density at radius 1 is 1.40 bits per heavy atom. The standard InChI is InChI=1S/C16H24N2O2/c1-16(2,3)14-10-12(7-8-18(14)15(19)20)11-5-4-6-13(17)9-11/h4-6,9,12,14H,7-8,10,17H2,1-3H3,(H,19,20). The van der Waals surface area contributed by atoms with Crippen molar-refractivity contribution in [1.29, 1.82) is 0 Å². The van der Waals surface area contributed by atoms with Gasteiger partial charge >= 0.3 is 6.09 Å². The largest absolute Gasteiger partial charge is 0.465 e. The monoisotopic (exact) mass is 276 g/mol. The minimum atomic E-state index is -0.809. The van der Waals surface area contributed by atoms with Gasteiger partial charge in [-0.3, -0.25) is 0 Å². The van der Waals surface area contributed by atoms with E-state index in [1.807, 2.05) is 18.2 Å². The summed E-state index contributed by atoms with van der Waals surface area (Å²) < 4.78 is 0. The van der Waals surface area contributed by atoms with Crippen LogP contribution in [0.5, 0.6) is 0 Å². The topological polar surface area (TPSA) is 66.6 Å². The second kappa shape index (κ2) is 5.35. The highest BCUT2D eigenvalue weighted by atomic mass is 16.4. The molecule has 0 saturated carbocycles. The number of nitrogens with zero attached hydrogens (tertiary/aromatic N) is 1. The van der Waals surface area contributed by atoms with Crippen molar-refractivity contribution in [1.82, 2.24) is 4.90 Å². The number of carboxylic acid groups (broad SMARTS) is 1. The molecular weight excluding hydrogens is 252 g/mol. The molecule has 2 atom stereocenters. The van der Waals surface area contributed by atoms with Crippen molar-refractivity contribution in [3.63, 3.8) is 0 Å². The Morgan fingerprint density at radius 3 is 2.65 bits per heavy atom. The lowest BCUT2D eigenvalue weighted by Crippen LogP contribution is -2.51. The van der Waals surface area contributed by atoms with Crippen LogP contribution in [0.15, 0.2) is 24.3 Å². The van der Waals surface area contributed by atoms with Gasteiger partial charge in [0.05, 0.1) is 0 Å². The van der Waals surface area contributed by atoms with Crippen LogP contribution < -0.4 is 5.73 Å². The third kappa shape index (κ3) is 3.06. The number of nitrogen functional groups attached to an aromatic ring is 1. The molecule has 0 radical (unpaired) electrons. The van der Waals surface area contributed by atoms with Crippen molar-refractivity contribution in [2.24, 2.45) is 5.41 Å². The molecule has 0 bridgehead atoms. The summed E-state index contributed by atoms with van der Waals surface area (Å²) in [6.07, 6.45) is 0.914. The summed E-state index contributed by atoms with van der Waals surface area (Å²) in [5, 5.41) is 9.38. The molecule has 1 amide bonds.